The number of rotatable bonds is 7. The molecule has 4 fully saturated rings. The van der Waals surface area contributed by atoms with E-state index in [0.29, 0.717) is 22.1 Å². The molecule has 2 atom stereocenters. The van der Waals surface area contributed by atoms with Crippen molar-refractivity contribution in [1.82, 2.24) is 19.9 Å². The first kappa shape index (κ1) is 21.7. The molecule has 0 radical (unpaired) electrons. The lowest BCUT2D eigenvalue weighted by atomic mass is 9.72. The molecule has 2 heterocycles. The van der Waals surface area contributed by atoms with Crippen molar-refractivity contribution in [2.24, 2.45) is 23.2 Å². The van der Waals surface area contributed by atoms with Gasteiger partial charge in [-0.3, -0.25) is 9.78 Å². The summed E-state index contributed by atoms with van der Waals surface area (Å²) in [5.74, 6) is 3.87. The van der Waals surface area contributed by atoms with E-state index in [9.17, 15) is 18.0 Å². The van der Waals surface area contributed by atoms with E-state index in [0.717, 1.165) is 48.6 Å². The molecule has 4 aliphatic carbocycles. The van der Waals surface area contributed by atoms with Gasteiger partial charge in [0.1, 0.15) is 5.82 Å². The van der Waals surface area contributed by atoms with Gasteiger partial charge in [-0.1, -0.05) is 12.1 Å². The van der Waals surface area contributed by atoms with E-state index in [4.69, 9.17) is 0 Å². The second-order valence-electron chi connectivity index (χ2n) is 10.6. The molecule has 2 unspecified atom stereocenters. The summed E-state index contributed by atoms with van der Waals surface area (Å²) in [5.41, 5.74) is 0.907. The van der Waals surface area contributed by atoms with Crippen LogP contribution in [0.5, 0.6) is 0 Å². The van der Waals surface area contributed by atoms with Gasteiger partial charge in [0, 0.05) is 13.0 Å². The van der Waals surface area contributed by atoms with Crippen molar-refractivity contribution in [2.45, 2.75) is 64.1 Å². The van der Waals surface area contributed by atoms with Gasteiger partial charge in [-0.05, 0) is 85.8 Å². The Hall–Kier alpha value is -2.84. The molecule has 0 spiro atoms. The Morgan fingerprint density at radius 3 is 2.47 bits per heavy atom. The van der Waals surface area contributed by atoms with Crippen molar-refractivity contribution in [3.05, 3.63) is 51.6 Å². The van der Waals surface area contributed by atoms with Crippen LogP contribution in [0, 0.1) is 23.2 Å². The topological polar surface area (TPSA) is 86.5 Å². The van der Waals surface area contributed by atoms with Crippen LogP contribution in [0.1, 0.15) is 61.9 Å². The lowest BCUT2D eigenvalue weighted by Gasteiger charge is -2.33. The summed E-state index contributed by atoms with van der Waals surface area (Å²) in [7, 11) is 0. The number of nitrogens with zero attached hydrogens (tertiary/aromatic N) is 2. The number of benzene rings is 1. The summed E-state index contributed by atoms with van der Waals surface area (Å²) in [6, 6.07) is 4.89. The molecule has 4 bridgehead atoms. The zero-order chi connectivity index (χ0) is 23.5. The Bertz CT molecular complexity index is 1250. The predicted molar refractivity (Wildman–Crippen MR) is 122 cm³/mol. The fourth-order valence-corrected chi connectivity index (χ4v) is 7.14. The summed E-state index contributed by atoms with van der Waals surface area (Å²) in [4.78, 5) is 27.3. The SMILES string of the molecule is O=c1[nH]c(NCc2ccc(C(F)(F)F)cc2)nc2nc(CCCC34CC5CC(CC3C5)C4)[nH]c12. The Morgan fingerprint density at radius 1 is 1.03 bits per heavy atom. The van der Waals surface area contributed by atoms with E-state index < -0.39 is 11.7 Å². The summed E-state index contributed by atoms with van der Waals surface area (Å²) >= 11 is 0. The highest BCUT2D eigenvalue weighted by Gasteiger charge is 2.56. The molecule has 0 amide bonds. The number of anilines is 1. The molecule has 34 heavy (non-hydrogen) atoms. The van der Waals surface area contributed by atoms with E-state index in [1.807, 2.05) is 0 Å². The van der Waals surface area contributed by atoms with Gasteiger partial charge in [0.25, 0.3) is 5.56 Å². The van der Waals surface area contributed by atoms with Crippen LogP contribution in [0.15, 0.2) is 29.1 Å². The number of alkyl halides is 3. The van der Waals surface area contributed by atoms with Crippen LogP contribution < -0.4 is 10.9 Å². The van der Waals surface area contributed by atoms with Gasteiger partial charge >= 0.3 is 6.18 Å². The minimum atomic E-state index is -4.36. The number of aryl methyl sites for hydroxylation is 1. The first-order valence-corrected chi connectivity index (χ1v) is 12.2. The molecule has 3 aromatic rings. The lowest BCUT2D eigenvalue weighted by Crippen LogP contribution is -2.22. The van der Waals surface area contributed by atoms with Crippen molar-refractivity contribution in [3.8, 4) is 0 Å². The molecule has 2 aromatic heterocycles. The number of hydrogen-bond acceptors (Lipinski definition) is 4. The van der Waals surface area contributed by atoms with Crippen molar-refractivity contribution in [1.29, 1.82) is 0 Å². The van der Waals surface area contributed by atoms with E-state index in [2.05, 4.69) is 25.3 Å². The van der Waals surface area contributed by atoms with E-state index in [1.165, 1.54) is 50.7 Å². The van der Waals surface area contributed by atoms with Crippen molar-refractivity contribution in [2.75, 3.05) is 5.32 Å². The number of imidazole rings is 1. The van der Waals surface area contributed by atoms with Crippen LogP contribution in [-0.4, -0.2) is 19.9 Å². The Balaban J connectivity index is 1.09. The van der Waals surface area contributed by atoms with Gasteiger partial charge in [-0.15, -0.1) is 0 Å². The van der Waals surface area contributed by atoms with Crippen LogP contribution in [0.25, 0.3) is 11.2 Å². The highest BCUT2D eigenvalue weighted by atomic mass is 19.4. The predicted octanol–water partition coefficient (Wildman–Crippen LogP) is 5.43. The number of hydrogen-bond donors (Lipinski definition) is 3. The smallest absolute Gasteiger partial charge is 0.352 e. The first-order chi connectivity index (χ1) is 16.3. The number of fused-ring (bicyclic) bond motifs is 1. The largest absolute Gasteiger partial charge is 0.416 e. The average molecular weight is 472 g/mol. The van der Waals surface area contributed by atoms with Crippen LogP contribution in [0.2, 0.25) is 0 Å². The fourth-order valence-electron chi connectivity index (χ4n) is 7.14. The molecular formula is C25H28F3N5O. The van der Waals surface area contributed by atoms with Crippen molar-refractivity contribution in [3.63, 3.8) is 0 Å². The monoisotopic (exact) mass is 471 g/mol. The molecule has 4 aliphatic rings. The second-order valence-corrected chi connectivity index (χ2v) is 10.6. The summed E-state index contributed by atoms with van der Waals surface area (Å²) in [6.45, 7) is 0.231. The maximum Gasteiger partial charge on any atom is 0.416 e. The van der Waals surface area contributed by atoms with Gasteiger partial charge in [-0.2, -0.15) is 18.2 Å². The zero-order valence-electron chi connectivity index (χ0n) is 18.8. The average Bonchev–Trinajstić information content (AvgIpc) is 3.38. The quantitative estimate of drug-likeness (QED) is 0.429. The van der Waals surface area contributed by atoms with Crippen molar-refractivity contribution < 1.29 is 13.2 Å². The van der Waals surface area contributed by atoms with Gasteiger partial charge in [0.15, 0.2) is 11.2 Å². The molecule has 3 N–H and O–H groups in total. The minimum Gasteiger partial charge on any atom is -0.352 e. The standard InChI is InChI=1S/C25H28F3N5O/c26-25(27,28)17-5-3-14(4-6-17)13-29-23-32-21-20(22(34)33-23)30-19(31-21)2-1-7-24-11-15-8-16(12-24)10-18(24)9-15/h3-6,15-16,18H,1-2,7-13H2,(H3,29,30,31,32,33,34). The van der Waals surface area contributed by atoms with Crippen LogP contribution >= 0.6 is 0 Å². The van der Waals surface area contributed by atoms with E-state index in [1.54, 1.807) is 0 Å². The number of H-pyrrole nitrogens is 2. The molecular weight excluding hydrogens is 443 g/mol. The normalized spacial score (nSPS) is 27.7. The van der Waals surface area contributed by atoms with Crippen LogP contribution in [0.3, 0.4) is 0 Å². The van der Waals surface area contributed by atoms with Gasteiger partial charge in [0.2, 0.25) is 5.95 Å². The third-order valence-corrected chi connectivity index (χ3v) is 8.40. The third-order valence-electron chi connectivity index (χ3n) is 8.40. The fraction of sp³-hybridized carbons (Fsp3) is 0.560. The van der Waals surface area contributed by atoms with Crippen LogP contribution in [-0.2, 0) is 19.1 Å². The summed E-state index contributed by atoms with van der Waals surface area (Å²) < 4.78 is 38.2. The maximum atomic E-state index is 12.7. The highest BCUT2D eigenvalue weighted by molar-refractivity contribution is 5.70. The van der Waals surface area contributed by atoms with Crippen molar-refractivity contribution >= 4 is 17.1 Å². The van der Waals surface area contributed by atoms with Gasteiger partial charge in [0.05, 0.1) is 5.56 Å². The molecule has 180 valence electrons. The molecule has 4 saturated carbocycles. The molecule has 1 aromatic carbocycles. The van der Waals surface area contributed by atoms with E-state index in [-0.39, 0.29) is 18.1 Å². The summed E-state index contributed by atoms with van der Waals surface area (Å²) in [5, 5.41) is 2.97. The molecule has 0 aliphatic heterocycles. The molecule has 6 nitrogen and oxygen atoms in total. The Morgan fingerprint density at radius 2 is 1.76 bits per heavy atom. The molecule has 7 rings (SSSR count). The minimum absolute atomic E-state index is 0.231. The van der Waals surface area contributed by atoms with Gasteiger partial charge in [-0.25, -0.2) is 4.98 Å². The number of aromatic amines is 2. The Kier molecular flexibility index (Phi) is 5.00. The highest BCUT2D eigenvalue weighted by Crippen LogP contribution is 2.67. The lowest BCUT2D eigenvalue weighted by molar-refractivity contribution is -0.137. The second kappa shape index (κ2) is 7.85. The number of nitrogens with one attached hydrogen (secondary N) is 3. The third kappa shape index (κ3) is 3.88. The van der Waals surface area contributed by atoms with Gasteiger partial charge < -0.3 is 10.3 Å². The molecule has 9 heteroatoms. The van der Waals surface area contributed by atoms with Crippen LogP contribution in [0.4, 0.5) is 19.1 Å². The molecule has 0 saturated heterocycles. The number of aromatic nitrogens is 4. The zero-order valence-corrected chi connectivity index (χ0v) is 18.8. The Labute approximate surface area is 194 Å². The number of halogens is 3. The maximum absolute atomic E-state index is 12.7. The summed E-state index contributed by atoms with van der Waals surface area (Å²) in [6.07, 6.45) is 5.87. The first-order valence-electron chi connectivity index (χ1n) is 12.2. The van der Waals surface area contributed by atoms with E-state index >= 15 is 0 Å².